The summed E-state index contributed by atoms with van der Waals surface area (Å²) >= 11 is 0.308. The van der Waals surface area contributed by atoms with Gasteiger partial charge >= 0.3 is 41.0 Å². The first-order valence-corrected chi connectivity index (χ1v) is 11.5. The fourth-order valence-corrected chi connectivity index (χ4v) is 6.65. The van der Waals surface area contributed by atoms with Gasteiger partial charge in [0.15, 0.2) is 0 Å². The quantitative estimate of drug-likeness (QED) is 0.262. The fraction of sp³-hybridized carbons (Fsp3) is 1.00. The molecule has 0 aromatic heterocycles. The van der Waals surface area contributed by atoms with Crippen LogP contribution in [0.25, 0.3) is 0 Å². The van der Waals surface area contributed by atoms with Gasteiger partial charge < -0.3 is 0 Å². The van der Waals surface area contributed by atoms with Crippen LogP contribution in [0.15, 0.2) is 0 Å². The van der Waals surface area contributed by atoms with Crippen molar-refractivity contribution in [3.05, 3.63) is 0 Å². The fourth-order valence-electron chi connectivity index (χ4n) is 0.0220. The Morgan fingerprint density at radius 1 is 2.00 bits per heavy atom. The molecule has 2 radical (unpaired) electrons. The molecule has 0 saturated carbocycles. The van der Waals surface area contributed by atoms with Crippen molar-refractivity contribution < 1.29 is 17.2 Å². The van der Waals surface area contributed by atoms with Gasteiger partial charge in [0.2, 0.25) is 0 Å². The van der Waals surface area contributed by atoms with Crippen LogP contribution in [0.1, 0.15) is 0 Å². The summed E-state index contributed by atoms with van der Waals surface area (Å²) in [6.45, 7) is 0. The Kier molecular flexibility index (Phi) is 1.22. The van der Waals surface area contributed by atoms with Gasteiger partial charge in [0.25, 0.3) is 0 Å². The van der Waals surface area contributed by atoms with E-state index in [9.17, 15) is 0 Å². The van der Waals surface area contributed by atoms with Crippen LogP contribution in [0.3, 0.4) is 0 Å². The van der Waals surface area contributed by atoms with Crippen molar-refractivity contribution in [2.24, 2.45) is 0 Å². The Morgan fingerprint density at radius 2 is 2.25 bits per heavy atom. The topological polar surface area (TPSA) is 0 Å². The van der Waals surface area contributed by atoms with Crippen molar-refractivity contribution in [3.63, 3.8) is 0 Å². The molecule has 0 N–H and O–H groups in total. The Hall–Kier alpha value is 1.52. The van der Waals surface area contributed by atoms with Gasteiger partial charge in [-0.2, -0.15) is 0 Å². The molecule has 24 valence electrons. The Morgan fingerprint density at radius 3 is 2.25 bits per heavy atom. The molecule has 1 aliphatic heterocycles. The van der Waals surface area contributed by atoms with Crippen LogP contribution in [0.5, 0.6) is 0 Å². The van der Waals surface area contributed by atoms with Gasteiger partial charge in [-0.25, -0.2) is 0 Å². The first kappa shape index (κ1) is 3.71. The summed E-state index contributed by atoms with van der Waals surface area (Å²) in [6.07, 6.45) is 0. The van der Waals surface area contributed by atoms with E-state index >= 15 is 0 Å². The molecule has 1 heterocycles. The van der Waals surface area contributed by atoms with Gasteiger partial charge in [0.05, 0.1) is 0 Å². The van der Waals surface area contributed by atoms with E-state index in [-0.39, 0.29) is 0 Å². The van der Waals surface area contributed by atoms with Crippen LogP contribution in [0, 0.1) is 0 Å². The van der Waals surface area contributed by atoms with Gasteiger partial charge in [-0.3, -0.25) is 0 Å². The van der Waals surface area contributed by atoms with Crippen molar-refractivity contribution in [3.8, 4) is 0 Å². The number of hydrogen-bond donors (Lipinski definition) is 0. The summed E-state index contributed by atoms with van der Waals surface area (Å²) in [4.78, 5) is 0. The van der Waals surface area contributed by atoms with E-state index in [0.29, 0.717) is 17.2 Å². The number of rotatable bonds is 0. The molecule has 0 atom stereocenters. The van der Waals surface area contributed by atoms with E-state index in [1.165, 1.54) is 2.43 Å². The Labute approximate surface area is 40.6 Å². The van der Waals surface area contributed by atoms with Crippen LogP contribution in [0.2, 0.25) is 0 Å². The van der Waals surface area contributed by atoms with Crippen LogP contribution in [-0.4, -0.2) is 8.14 Å². The first-order valence-electron chi connectivity index (χ1n) is 0.896. The molecule has 0 aromatic rings. The molecule has 0 aliphatic carbocycles. The zero-order valence-corrected chi connectivity index (χ0v) is 6.36. The van der Waals surface area contributed by atoms with Crippen molar-refractivity contribution in [1.82, 2.24) is 0 Å². The summed E-state index contributed by atoms with van der Waals surface area (Å²) < 4.78 is 1.53. The molecule has 0 unspecified atom stereocenters. The standard InChI is InChI=1S/CH2BI2/c2-4-1-3-4/h1H2/q-1. The normalized spacial score (nSPS) is 32.5. The maximum atomic E-state index is 5.43. The zero-order valence-electron chi connectivity index (χ0n) is 2.04. The molecule has 1 saturated heterocycles. The van der Waals surface area contributed by atoms with E-state index in [1.807, 2.05) is 0 Å². The Balaban J connectivity index is 2.17. The van der Waals surface area contributed by atoms with Crippen molar-refractivity contribution >= 4 is 21.3 Å². The SMILES string of the molecule is [B]I1C[I-]1. The maximum absolute atomic E-state index is 5.43. The van der Waals surface area contributed by atoms with Crippen LogP contribution in [-0.2, 0) is 0 Å². The second kappa shape index (κ2) is 1.32. The molecular weight excluding hydrogens is 277 g/mol. The van der Waals surface area contributed by atoms with Gasteiger partial charge in [-0.1, -0.05) is 0 Å². The second-order valence-corrected chi connectivity index (χ2v) is 18.4. The predicted octanol–water partition coefficient (Wildman–Crippen LogP) is -2.45. The van der Waals surface area contributed by atoms with E-state index in [2.05, 4.69) is 0 Å². The van der Waals surface area contributed by atoms with Crippen molar-refractivity contribution in [2.45, 2.75) is 0 Å². The summed E-state index contributed by atoms with van der Waals surface area (Å²) in [5.41, 5.74) is 5.43. The molecular formula is CH2BI2-. The molecule has 1 rings (SSSR count). The van der Waals surface area contributed by atoms with Crippen molar-refractivity contribution in [1.29, 1.82) is 0 Å². The molecule has 1 aliphatic rings. The predicted molar refractivity (Wildman–Crippen MR) is 24.6 cm³/mol. The second-order valence-electron chi connectivity index (χ2n) is 0.540. The van der Waals surface area contributed by atoms with Crippen LogP contribution >= 0.6 is 15.6 Å². The minimum absolute atomic E-state index is 0.403. The molecule has 0 spiro atoms. The third-order valence-corrected chi connectivity index (χ3v) is 9.79. The van der Waals surface area contributed by atoms with Crippen LogP contribution < -0.4 is 17.2 Å². The Bertz CT molecular complexity index is 25.2. The third-order valence-electron chi connectivity index (χ3n) is 0.218. The molecule has 0 amide bonds. The zero-order chi connectivity index (χ0) is 2.99. The van der Waals surface area contributed by atoms with E-state index in [4.69, 9.17) is 5.70 Å². The molecule has 1 fully saturated rings. The van der Waals surface area contributed by atoms with Gasteiger partial charge in [-0.15, -0.1) is 0 Å². The van der Waals surface area contributed by atoms with Crippen LogP contribution in [0.4, 0.5) is 0 Å². The molecule has 0 aromatic carbocycles. The molecule has 0 nitrogen and oxygen atoms in total. The molecule has 4 heavy (non-hydrogen) atoms. The number of hydrogen-bond acceptors (Lipinski definition) is 0. The summed E-state index contributed by atoms with van der Waals surface area (Å²) in [6, 6.07) is 0. The average Bonchev–Trinajstić information content (AvgIpc) is 1.75. The van der Waals surface area contributed by atoms with E-state index in [0.717, 1.165) is 0 Å². The van der Waals surface area contributed by atoms with E-state index in [1.54, 1.807) is 0 Å². The van der Waals surface area contributed by atoms with Gasteiger partial charge in [-0.05, 0) is 0 Å². The summed E-state index contributed by atoms with van der Waals surface area (Å²) in [5, 5.41) is 0. The first-order chi connectivity index (χ1) is 1.89. The van der Waals surface area contributed by atoms with Crippen molar-refractivity contribution in [2.75, 3.05) is 2.43 Å². The van der Waals surface area contributed by atoms with Gasteiger partial charge in [0, 0.05) is 0 Å². The number of halogens is 2. The number of alkyl halides is 2. The monoisotopic (exact) mass is 279 g/mol. The third kappa shape index (κ3) is 1.10. The minimum atomic E-state index is -0.403. The average molecular weight is 279 g/mol. The summed E-state index contributed by atoms with van der Waals surface area (Å²) in [5.74, 6) is 0. The molecule has 3 heteroatoms. The van der Waals surface area contributed by atoms with E-state index < -0.39 is 15.6 Å². The summed E-state index contributed by atoms with van der Waals surface area (Å²) in [7, 11) is 0. The van der Waals surface area contributed by atoms with Gasteiger partial charge in [0.1, 0.15) is 0 Å². The molecule has 0 bridgehead atoms.